The Morgan fingerprint density at radius 1 is 1.33 bits per heavy atom. The summed E-state index contributed by atoms with van der Waals surface area (Å²) in [5.41, 5.74) is 3.29. The molecule has 4 heteroatoms. The van der Waals surface area contributed by atoms with E-state index in [1.807, 2.05) is 0 Å². The number of nitrogens with zero attached hydrogens (tertiary/aromatic N) is 1. The van der Waals surface area contributed by atoms with E-state index in [-0.39, 0.29) is 22.7 Å². The van der Waals surface area contributed by atoms with E-state index in [0.29, 0.717) is 11.8 Å². The van der Waals surface area contributed by atoms with Gasteiger partial charge in [-0.1, -0.05) is 25.0 Å². The predicted molar refractivity (Wildman–Crippen MR) is 104 cm³/mol. The fourth-order valence-corrected chi connectivity index (χ4v) is 7.71. The summed E-state index contributed by atoms with van der Waals surface area (Å²) in [5, 5.41) is 10.0. The highest BCUT2D eigenvalue weighted by atomic mass is 16.5. The summed E-state index contributed by atoms with van der Waals surface area (Å²) >= 11 is 0. The van der Waals surface area contributed by atoms with Crippen LogP contribution in [-0.2, 0) is 9.53 Å². The second-order valence-electron chi connectivity index (χ2n) is 10.2. The molecule has 1 N–H and O–H groups in total. The highest BCUT2D eigenvalue weighted by molar-refractivity contribution is 5.73. The van der Waals surface area contributed by atoms with Gasteiger partial charge < -0.3 is 14.7 Å². The minimum atomic E-state index is -0.578. The normalized spacial score (nSPS) is 43.6. The molecule has 2 aliphatic heterocycles. The molecule has 0 aromatic rings. The van der Waals surface area contributed by atoms with Crippen LogP contribution in [0.15, 0.2) is 23.0 Å². The molecule has 2 bridgehead atoms. The number of aliphatic carboxylic acids is 1. The molecular formula is C23H33NO3. The third-order valence-electron chi connectivity index (χ3n) is 8.73. The zero-order valence-electron chi connectivity index (χ0n) is 17.0. The van der Waals surface area contributed by atoms with Gasteiger partial charge >= 0.3 is 5.97 Å². The first-order chi connectivity index (χ1) is 12.9. The molecule has 2 heterocycles. The number of likely N-dealkylation sites (tertiary alicyclic amines) is 1. The van der Waals surface area contributed by atoms with E-state index in [1.165, 1.54) is 12.8 Å². The Balaban J connectivity index is 1.67. The molecule has 148 valence electrons. The van der Waals surface area contributed by atoms with Crippen molar-refractivity contribution >= 4 is 5.97 Å². The molecule has 2 spiro atoms. The van der Waals surface area contributed by atoms with Gasteiger partial charge in [0.2, 0.25) is 0 Å². The van der Waals surface area contributed by atoms with Crippen molar-refractivity contribution in [2.75, 3.05) is 26.7 Å². The van der Waals surface area contributed by atoms with E-state index >= 15 is 0 Å². The van der Waals surface area contributed by atoms with E-state index in [1.54, 1.807) is 11.1 Å². The van der Waals surface area contributed by atoms with Crippen LogP contribution in [0.1, 0.15) is 52.4 Å². The van der Waals surface area contributed by atoms with Gasteiger partial charge in [-0.3, -0.25) is 4.79 Å². The Bertz CT molecular complexity index is 738. The molecule has 0 amide bonds. The number of rotatable bonds is 2. The van der Waals surface area contributed by atoms with Crippen LogP contribution in [0.25, 0.3) is 0 Å². The highest BCUT2D eigenvalue weighted by Gasteiger charge is 2.68. The number of carbonyl (C=O) groups is 1. The van der Waals surface area contributed by atoms with Gasteiger partial charge in [0.25, 0.3) is 0 Å². The molecule has 0 aromatic carbocycles. The average Bonchev–Trinajstić information content (AvgIpc) is 3.16. The number of piperidine rings is 1. The van der Waals surface area contributed by atoms with E-state index in [9.17, 15) is 9.90 Å². The van der Waals surface area contributed by atoms with Crippen LogP contribution >= 0.6 is 0 Å². The van der Waals surface area contributed by atoms with Crippen molar-refractivity contribution in [1.29, 1.82) is 0 Å². The first-order valence-corrected chi connectivity index (χ1v) is 10.8. The minimum Gasteiger partial charge on any atom is -0.497 e. The van der Waals surface area contributed by atoms with Gasteiger partial charge in [-0.15, -0.1) is 0 Å². The topological polar surface area (TPSA) is 49.8 Å². The highest BCUT2D eigenvalue weighted by Crippen LogP contribution is 2.71. The molecule has 5 unspecified atom stereocenters. The Kier molecular flexibility index (Phi) is 3.86. The number of ether oxygens (including phenoxy) is 1. The standard InChI is InChI=1S/C23H33NO3/c1-14(2)19-8-9-22(13-27-19)16-6-4-15-5-7-17-18(21(25)26)10-23(22,20(15)17)12-24(3)11-16/h8,14,16-18H,4-7,9-13H2,1-3H3,(H,25,26). The molecule has 0 aromatic heterocycles. The third kappa shape index (κ3) is 2.22. The van der Waals surface area contributed by atoms with Crippen LogP contribution in [0.5, 0.6) is 0 Å². The summed E-state index contributed by atoms with van der Waals surface area (Å²) in [5.74, 6) is 1.66. The quantitative estimate of drug-likeness (QED) is 0.743. The molecule has 0 radical (unpaired) electrons. The summed E-state index contributed by atoms with van der Waals surface area (Å²) < 4.78 is 6.42. The van der Waals surface area contributed by atoms with Gasteiger partial charge in [-0.05, 0) is 63.5 Å². The fraction of sp³-hybridized carbons (Fsp3) is 0.783. The molecular weight excluding hydrogens is 338 g/mol. The zero-order chi connectivity index (χ0) is 19.0. The second kappa shape index (κ2) is 5.85. The van der Waals surface area contributed by atoms with Crippen LogP contribution in [0.4, 0.5) is 0 Å². The molecule has 1 saturated heterocycles. The van der Waals surface area contributed by atoms with Gasteiger partial charge in [-0.2, -0.15) is 0 Å². The molecule has 5 aliphatic rings. The minimum absolute atomic E-state index is 0.000265. The van der Waals surface area contributed by atoms with Gasteiger partial charge in [0.1, 0.15) is 0 Å². The maximum Gasteiger partial charge on any atom is 0.307 e. The molecule has 27 heavy (non-hydrogen) atoms. The number of hydrogen-bond donors (Lipinski definition) is 1. The van der Waals surface area contributed by atoms with Crippen LogP contribution in [0, 0.1) is 34.5 Å². The van der Waals surface area contributed by atoms with Crippen molar-refractivity contribution in [3.8, 4) is 0 Å². The summed E-state index contributed by atoms with van der Waals surface area (Å²) in [6.07, 6.45) is 8.85. The van der Waals surface area contributed by atoms with E-state index in [0.717, 1.165) is 51.1 Å². The predicted octanol–water partition coefficient (Wildman–Crippen LogP) is 4.09. The molecule has 2 fully saturated rings. The van der Waals surface area contributed by atoms with Gasteiger partial charge in [0, 0.05) is 29.8 Å². The van der Waals surface area contributed by atoms with Crippen molar-refractivity contribution in [1.82, 2.24) is 4.90 Å². The van der Waals surface area contributed by atoms with E-state index < -0.39 is 5.97 Å². The summed E-state index contributed by atoms with van der Waals surface area (Å²) in [7, 11) is 2.24. The summed E-state index contributed by atoms with van der Waals surface area (Å²) in [6, 6.07) is 0. The van der Waals surface area contributed by atoms with Crippen molar-refractivity contribution in [2.24, 2.45) is 34.5 Å². The Morgan fingerprint density at radius 2 is 2.11 bits per heavy atom. The van der Waals surface area contributed by atoms with Crippen molar-refractivity contribution in [3.63, 3.8) is 0 Å². The van der Waals surface area contributed by atoms with Gasteiger partial charge in [0.15, 0.2) is 0 Å². The lowest BCUT2D eigenvalue weighted by Crippen LogP contribution is -2.61. The van der Waals surface area contributed by atoms with Crippen LogP contribution in [0.3, 0.4) is 0 Å². The first-order valence-electron chi connectivity index (χ1n) is 10.8. The van der Waals surface area contributed by atoms with Crippen molar-refractivity contribution < 1.29 is 14.6 Å². The monoisotopic (exact) mass is 371 g/mol. The fourth-order valence-electron chi connectivity index (χ4n) is 7.71. The lowest BCUT2D eigenvalue weighted by molar-refractivity contribution is -0.146. The van der Waals surface area contributed by atoms with Crippen LogP contribution in [0.2, 0.25) is 0 Å². The molecule has 3 aliphatic carbocycles. The van der Waals surface area contributed by atoms with Gasteiger partial charge in [0.05, 0.1) is 18.3 Å². The third-order valence-corrected chi connectivity index (χ3v) is 8.73. The number of hydrogen-bond acceptors (Lipinski definition) is 3. The van der Waals surface area contributed by atoms with Crippen molar-refractivity contribution in [3.05, 3.63) is 23.0 Å². The number of carboxylic acids is 1. The first kappa shape index (κ1) is 17.8. The van der Waals surface area contributed by atoms with E-state index in [4.69, 9.17) is 4.74 Å². The molecule has 1 saturated carbocycles. The Hall–Kier alpha value is -1.29. The summed E-state index contributed by atoms with van der Waals surface area (Å²) in [4.78, 5) is 14.7. The van der Waals surface area contributed by atoms with Crippen molar-refractivity contribution in [2.45, 2.75) is 52.4 Å². The van der Waals surface area contributed by atoms with Gasteiger partial charge in [-0.25, -0.2) is 0 Å². The lowest BCUT2D eigenvalue weighted by Gasteiger charge is -2.59. The Labute approximate surface area is 162 Å². The Morgan fingerprint density at radius 3 is 2.78 bits per heavy atom. The van der Waals surface area contributed by atoms with Crippen LogP contribution in [-0.4, -0.2) is 42.7 Å². The second-order valence-corrected chi connectivity index (χ2v) is 10.2. The van der Waals surface area contributed by atoms with Crippen LogP contribution < -0.4 is 0 Å². The zero-order valence-corrected chi connectivity index (χ0v) is 17.0. The molecule has 4 nitrogen and oxygen atoms in total. The largest absolute Gasteiger partial charge is 0.497 e. The maximum atomic E-state index is 12.2. The summed E-state index contributed by atoms with van der Waals surface area (Å²) in [6.45, 7) is 7.32. The molecule has 5 rings (SSSR count). The lowest BCUT2D eigenvalue weighted by atomic mass is 9.51. The average molecular weight is 372 g/mol. The van der Waals surface area contributed by atoms with E-state index in [2.05, 4.69) is 31.9 Å². The number of allylic oxidation sites excluding steroid dienone is 3. The molecule has 5 atom stereocenters. The smallest absolute Gasteiger partial charge is 0.307 e. The number of carboxylic acid groups (broad SMARTS) is 1. The SMILES string of the molecule is CC(C)C1=CCC2(CO1)C1CCC3=C4C(CC3)C(C(=O)O)CC42CN(C)C1. The maximum absolute atomic E-state index is 12.2.